The van der Waals surface area contributed by atoms with E-state index in [-0.39, 0.29) is 54.7 Å². The summed E-state index contributed by atoms with van der Waals surface area (Å²) in [6, 6.07) is -0.797. The molecular weight excluding hydrogens is 479 g/mol. The second-order valence-electron chi connectivity index (χ2n) is 9.55. The van der Waals surface area contributed by atoms with Gasteiger partial charge in [-0.3, -0.25) is 25.1 Å². The molecule has 1 spiro atoms. The maximum absolute atomic E-state index is 16.1. The Labute approximate surface area is 203 Å². The summed E-state index contributed by atoms with van der Waals surface area (Å²) in [7, 11) is 0. The first kappa shape index (κ1) is 22.7. The number of benzene rings is 1. The minimum absolute atomic E-state index is 0.0252. The van der Waals surface area contributed by atoms with Gasteiger partial charge in [-0.1, -0.05) is 5.16 Å². The van der Waals surface area contributed by atoms with Crippen LogP contribution in [0.3, 0.4) is 0 Å². The van der Waals surface area contributed by atoms with Crippen molar-refractivity contribution in [2.45, 2.75) is 44.6 Å². The van der Waals surface area contributed by atoms with Crippen molar-refractivity contribution in [1.82, 2.24) is 15.8 Å². The molecule has 5 heterocycles. The van der Waals surface area contributed by atoms with Crippen molar-refractivity contribution in [3.05, 3.63) is 17.4 Å². The number of anilines is 2. The van der Waals surface area contributed by atoms with Crippen molar-refractivity contribution in [3.8, 4) is 0 Å². The van der Waals surface area contributed by atoms with E-state index in [1.165, 1.54) is 4.90 Å². The van der Waals surface area contributed by atoms with Crippen LogP contribution in [0.2, 0.25) is 0 Å². The average Bonchev–Trinajstić information content (AvgIpc) is 3.39. The number of rotatable bonds is 2. The second-order valence-corrected chi connectivity index (χ2v) is 9.55. The zero-order chi connectivity index (χ0) is 25.5. The molecule has 14 heteroatoms. The fourth-order valence-corrected chi connectivity index (χ4v) is 6.00. The van der Waals surface area contributed by atoms with Crippen LogP contribution in [0.15, 0.2) is 10.6 Å². The van der Waals surface area contributed by atoms with Gasteiger partial charge in [0.1, 0.15) is 6.61 Å². The summed E-state index contributed by atoms with van der Waals surface area (Å²) in [5, 5.41) is 8.49. The Morgan fingerprint density at radius 3 is 2.64 bits per heavy atom. The van der Waals surface area contributed by atoms with Crippen molar-refractivity contribution >= 4 is 46.4 Å². The largest absolute Gasteiger partial charge is 0.447 e. The number of amides is 5. The molecule has 5 amide bonds. The molecule has 0 unspecified atom stereocenters. The van der Waals surface area contributed by atoms with Crippen LogP contribution in [0.25, 0.3) is 11.0 Å². The van der Waals surface area contributed by atoms with E-state index >= 15 is 4.39 Å². The Hall–Kier alpha value is -3.78. The van der Waals surface area contributed by atoms with Crippen LogP contribution in [0, 0.1) is 11.2 Å². The summed E-state index contributed by atoms with van der Waals surface area (Å²) in [6.07, 6.45) is -1.92. The maximum Gasteiger partial charge on any atom is 0.416 e. The Balaban J connectivity index is 1.57. The molecule has 1 aromatic carbocycles. The van der Waals surface area contributed by atoms with E-state index in [2.05, 4.69) is 15.8 Å². The number of nitrogens with one attached hydrogen (secondary N) is 2. The molecule has 0 bridgehead atoms. The number of barbiturate groups is 1. The third-order valence-electron chi connectivity index (χ3n) is 7.41. The van der Waals surface area contributed by atoms with Gasteiger partial charge in [0.15, 0.2) is 17.1 Å². The van der Waals surface area contributed by atoms with Crippen LogP contribution >= 0.6 is 0 Å². The molecule has 1 aromatic heterocycles. The minimum atomic E-state index is -1.77. The highest BCUT2D eigenvalue weighted by Crippen LogP contribution is 2.49. The lowest BCUT2D eigenvalue weighted by molar-refractivity contribution is -0.153. The Bertz CT molecular complexity index is 1320. The highest BCUT2D eigenvalue weighted by molar-refractivity contribution is 6.20. The van der Waals surface area contributed by atoms with E-state index in [4.69, 9.17) is 19.7 Å². The van der Waals surface area contributed by atoms with E-state index in [0.29, 0.717) is 5.56 Å². The molecule has 36 heavy (non-hydrogen) atoms. The summed E-state index contributed by atoms with van der Waals surface area (Å²) >= 11 is 0. The molecule has 3 fully saturated rings. The van der Waals surface area contributed by atoms with Gasteiger partial charge in [0, 0.05) is 19.5 Å². The number of cyclic esters (lactones) is 1. The number of morpholine rings is 1. The van der Waals surface area contributed by atoms with Crippen LogP contribution in [0.5, 0.6) is 0 Å². The van der Waals surface area contributed by atoms with Gasteiger partial charge in [-0.05, 0) is 25.5 Å². The molecule has 0 aliphatic carbocycles. The van der Waals surface area contributed by atoms with Crippen LogP contribution in [0.4, 0.5) is 25.5 Å². The number of hydrogen-bond donors (Lipinski definition) is 3. The van der Waals surface area contributed by atoms with E-state index in [9.17, 15) is 19.2 Å². The average molecular weight is 502 g/mol. The van der Waals surface area contributed by atoms with Gasteiger partial charge in [-0.2, -0.15) is 0 Å². The molecule has 4 aliphatic heterocycles. The normalized spacial score (nSPS) is 29.2. The molecule has 4 N–H and O–H groups in total. The van der Waals surface area contributed by atoms with Crippen LogP contribution in [-0.2, 0) is 25.5 Å². The van der Waals surface area contributed by atoms with Crippen molar-refractivity contribution in [2.24, 2.45) is 11.1 Å². The lowest BCUT2D eigenvalue weighted by Crippen LogP contribution is -2.75. The van der Waals surface area contributed by atoms with Gasteiger partial charge >= 0.3 is 12.1 Å². The molecule has 13 nitrogen and oxygen atoms in total. The number of fused-ring (bicyclic) bond motifs is 5. The molecular formula is C22H23FN6O7. The van der Waals surface area contributed by atoms with Gasteiger partial charge < -0.3 is 24.6 Å². The van der Waals surface area contributed by atoms with Crippen molar-refractivity contribution in [1.29, 1.82) is 0 Å². The molecule has 190 valence electrons. The molecule has 4 aliphatic rings. The van der Waals surface area contributed by atoms with Gasteiger partial charge in [0.2, 0.25) is 17.4 Å². The molecule has 6 rings (SSSR count). The second kappa shape index (κ2) is 7.61. The molecule has 4 atom stereocenters. The predicted octanol–water partition coefficient (Wildman–Crippen LogP) is 0.142. The molecule has 3 saturated heterocycles. The zero-order valence-electron chi connectivity index (χ0n) is 19.4. The summed E-state index contributed by atoms with van der Waals surface area (Å²) in [4.78, 5) is 53.7. The number of imide groups is 2. The van der Waals surface area contributed by atoms with Crippen molar-refractivity contribution in [3.63, 3.8) is 0 Å². The van der Waals surface area contributed by atoms with Gasteiger partial charge in [-0.25, -0.2) is 14.0 Å². The fraction of sp³-hybridized carbons (Fsp3) is 0.500. The highest BCUT2D eigenvalue weighted by atomic mass is 19.1. The summed E-state index contributed by atoms with van der Waals surface area (Å²) in [6.45, 7) is 3.80. The Morgan fingerprint density at radius 1 is 1.22 bits per heavy atom. The van der Waals surface area contributed by atoms with Gasteiger partial charge in [0.05, 0.1) is 35.4 Å². The lowest BCUT2D eigenvalue weighted by atomic mass is 9.66. The zero-order valence-corrected chi connectivity index (χ0v) is 19.4. The third kappa shape index (κ3) is 2.85. The smallest absolute Gasteiger partial charge is 0.416 e. The first-order valence-electron chi connectivity index (χ1n) is 11.5. The number of ether oxygens (including phenoxy) is 2. The summed E-state index contributed by atoms with van der Waals surface area (Å²) in [5.74, 6) is -2.30. The monoisotopic (exact) mass is 502 g/mol. The van der Waals surface area contributed by atoms with Crippen LogP contribution in [-0.4, -0.2) is 73.1 Å². The number of carbonyl (C=O) groups excluding carboxylic acids is 4. The third-order valence-corrected chi connectivity index (χ3v) is 7.41. The number of hydrogen-bond acceptors (Lipinski definition) is 10. The number of nitrogens with zero attached hydrogens (tertiary/aromatic N) is 3. The standard InChI is InChI=1S/C22H23FN6O7/c1-8-6-28-14-10(4-22(16(28)9(2)35-8)18(30)25-20(32)26-19(22)31)3-12-15(13(14)23)36-27-17(12)29-11(5-24)7-34-21(29)33/h3,8-9,11,16H,4-7,24H2,1-2H3,(H2,25,26,30,31,32)/t8-,9+,11-,16-/m1/s1. The van der Waals surface area contributed by atoms with E-state index in [1.807, 2.05) is 0 Å². The number of urea groups is 1. The highest BCUT2D eigenvalue weighted by Gasteiger charge is 2.63. The predicted molar refractivity (Wildman–Crippen MR) is 120 cm³/mol. The van der Waals surface area contributed by atoms with Gasteiger partial charge in [-0.15, -0.1) is 0 Å². The van der Waals surface area contributed by atoms with Crippen molar-refractivity contribution in [2.75, 3.05) is 29.5 Å². The summed E-state index contributed by atoms with van der Waals surface area (Å²) < 4.78 is 32.5. The SMILES string of the molecule is C[C@@H]1CN2c3c(cc4c(N5C(=O)OC[C@H]5CN)noc4c3F)CC3(C(=O)NC(=O)NC3=O)[C@H]2[C@H](C)O1. The molecule has 0 radical (unpaired) electrons. The van der Waals surface area contributed by atoms with E-state index in [1.54, 1.807) is 24.8 Å². The molecule has 2 aromatic rings. The first-order valence-corrected chi connectivity index (χ1v) is 11.5. The van der Waals surface area contributed by atoms with E-state index < -0.39 is 53.4 Å². The Morgan fingerprint density at radius 2 is 1.94 bits per heavy atom. The minimum Gasteiger partial charge on any atom is -0.447 e. The number of halogens is 1. The topological polar surface area (TPSA) is 169 Å². The number of nitrogens with two attached hydrogens (primary N) is 1. The Kier molecular flexibility index (Phi) is 4.79. The van der Waals surface area contributed by atoms with Gasteiger partial charge in [0.25, 0.3) is 0 Å². The number of aromatic nitrogens is 1. The fourth-order valence-electron chi connectivity index (χ4n) is 6.00. The quantitative estimate of drug-likeness (QED) is 0.480. The summed E-state index contributed by atoms with van der Waals surface area (Å²) in [5.41, 5.74) is 4.28. The van der Waals surface area contributed by atoms with E-state index in [0.717, 1.165) is 0 Å². The maximum atomic E-state index is 16.1. The number of carbonyl (C=O) groups is 4. The van der Waals surface area contributed by atoms with Crippen LogP contribution < -0.4 is 26.2 Å². The first-order chi connectivity index (χ1) is 17.2. The molecule has 0 saturated carbocycles. The lowest BCUT2D eigenvalue weighted by Gasteiger charge is -2.55. The van der Waals surface area contributed by atoms with Crippen LogP contribution in [0.1, 0.15) is 19.4 Å². The van der Waals surface area contributed by atoms with Crippen molar-refractivity contribution < 1.29 is 37.6 Å².